The van der Waals surface area contributed by atoms with Crippen LogP contribution in [-0.4, -0.2) is 70.4 Å². The number of allylic oxidation sites excluding steroid dienone is 1. The minimum absolute atomic E-state index is 0.0155. The van der Waals surface area contributed by atoms with Crippen LogP contribution in [0.5, 0.6) is 0 Å². The Labute approximate surface area is 246 Å². The summed E-state index contributed by atoms with van der Waals surface area (Å²) in [4.78, 5) is 47.9. The first-order valence-electron chi connectivity index (χ1n) is 15.4. The molecule has 3 aliphatic rings. The van der Waals surface area contributed by atoms with Gasteiger partial charge in [0.25, 0.3) is 5.56 Å². The molecule has 2 fully saturated rings. The van der Waals surface area contributed by atoms with Crippen LogP contribution in [0.25, 0.3) is 22.6 Å². The van der Waals surface area contributed by atoms with Gasteiger partial charge in [0.1, 0.15) is 5.82 Å². The van der Waals surface area contributed by atoms with E-state index in [1.165, 1.54) is 12.8 Å². The second kappa shape index (κ2) is 13.0. The predicted octanol–water partition coefficient (Wildman–Crippen LogP) is 4.58. The summed E-state index contributed by atoms with van der Waals surface area (Å²) in [5.74, 6) is 0.647. The summed E-state index contributed by atoms with van der Waals surface area (Å²) in [7, 11) is 0. The van der Waals surface area contributed by atoms with Crippen LogP contribution < -0.4 is 16.2 Å². The number of amides is 2. The number of anilines is 2. The molecule has 9 nitrogen and oxygen atoms in total. The molecule has 2 amide bonds. The van der Waals surface area contributed by atoms with Gasteiger partial charge < -0.3 is 10.6 Å². The predicted molar refractivity (Wildman–Crippen MR) is 167 cm³/mol. The highest BCUT2D eigenvalue weighted by molar-refractivity contribution is 5.95. The number of rotatable bonds is 7. The third kappa shape index (κ3) is 6.79. The van der Waals surface area contributed by atoms with Crippen LogP contribution in [0, 0.1) is 0 Å². The summed E-state index contributed by atoms with van der Waals surface area (Å²) in [6, 6.07) is 13.2. The number of carbonyl (C=O) groups excluding carboxylic acids is 2. The molecule has 0 atom stereocenters. The smallest absolute Gasteiger partial charge is 0.261 e. The second-order valence-electron chi connectivity index (χ2n) is 11.8. The first-order valence-corrected chi connectivity index (χ1v) is 15.4. The highest BCUT2D eigenvalue weighted by Gasteiger charge is 2.20. The van der Waals surface area contributed by atoms with E-state index in [4.69, 9.17) is 4.98 Å². The summed E-state index contributed by atoms with van der Waals surface area (Å²) in [6.07, 6.45) is 10.8. The van der Waals surface area contributed by atoms with Crippen LogP contribution in [0.4, 0.5) is 11.4 Å². The lowest BCUT2D eigenvalue weighted by atomic mass is 10.0. The molecule has 0 aliphatic carbocycles. The number of carbonyl (C=O) groups is 2. The minimum Gasteiger partial charge on any atom is -0.325 e. The number of hydrogen-bond acceptors (Lipinski definition) is 6. The van der Waals surface area contributed by atoms with Crippen molar-refractivity contribution in [2.45, 2.75) is 57.9 Å². The van der Waals surface area contributed by atoms with Gasteiger partial charge in [-0.25, -0.2) is 4.98 Å². The van der Waals surface area contributed by atoms with E-state index in [0.717, 1.165) is 81.5 Å². The number of likely N-dealkylation sites (tertiary alicyclic amines) is 2. The molecule has 2 aromatic carbocycles. The Morgan fingerprint density at radius 2 is 1.33 bits per heavy atom. The van der Waals surface area contributed by atoms with E-state index in [1.54, 1.807) is 22.8 Å². The molecular weight excluding hydrogens is 528 g/mol. The quantitative estimate of drug-likeness (QED) is 0.433. The first-order chi connectivity index (χ1) is 20.5. The maximum atomic E-state index is 13.4. The lowest BCUT2D eigenvalue weighted by Crippen LogP contribution is -2.36. The Morgan fingerprint density at radius 3 is 1.98 bits per heavy atom. The Morgan fingerprint density at radius 1 is 0.738 bits per heavy atom. The van der Waals surface area contributed by atoms with E-state index in [2.05, 4.69) is 26.5 Å². The summed E-state index contributed by atoms with van der Waals surface area (Å²) >= 11 is 0. The van der Waals surface area contributed by atoms with Gasteiger partial charge in [-0.05, 0) is 112 Å². The average Bonchev–Trinajstić information content (AvgIpc) is 2.99. The van der Waals surface area contributed by atoms with E-state index >= 15 is 0 Å². The first kappa shape index (κ1) is 28.3. The Balaban J connectivity index is 1.17. The van der Waals surface area contributed by atoms with Gasteiger partial charge in [-0.15, -0.1) is 0 Å². The number of hydrogen-bond donors (Lipinski definition) is 2. The normalized spacial score (nSPS) is 19.0. The van der Waals surface area contributed by atoms with Crippen LogP contribution in [0.3, 0.4) is 0 Å². The number of fused-ring (bicyclic) bond motifs is 2. The van der Waals surface area contributed by atoms with Crippen LogP contribution in [0.1, 0.15) is 62.8 Å². The maximum absolute atomic E-state index is 13.4. The van der Waals surface area contributed by atoms with Crippen LogP contribution >= 0.6 is 0 Å². The molecule has 0 spiro atoms. The second-order valence-corrected chi connectivity index (χ2v) is 11.8. The van der Waals surface area contributed by atoms with Crippen molar-refractivity contribution in [1.29, 1.82) is 0 Å². The molecule has 0 unspecified atom stereocenters. The van der Waals surface area contributed by atoms with Crippen molar-refractivity contribution in [3.8, 4) is 0 Å². The molecule has 220 valence electrons. The van der Waals surface area contributed by atoms with Crippen molar-refractivity contribution >= 4 is 45.7 Å². The zero-order valence-corrected chi connectivity index (χ0v) is 24.2. The Kier molecular flexibility index (Phi) is 8.76. The molecule has 3 aromatic rings. The van der Waals surface area contributed by atoms with Gasteiger partial charge in [-0.3, -0.25) is 28.8 Å². The van der Waals surface area contributed by atoms with Gasteiger partial charge in [-0.2, -0.15) is 0 Å². The summed E-state index contributed by atoms with van der Waals surface area (Å²) in [6.45, 7) is 5.34. The van der Waals surface area contributed by atoms with Gasteiger partial charge >= 0.3 is 0 Å². The molecule has 4 heterocycles. The van der Waals surface area contributed by atoms with E-state index in [-0.39, 0.29) is 17.4 Å². The highest BCUT2D eigenvalue weighted by Crippen LogP contribution is 2.28. The zero-order valence-electron chi connectivity index (χ0n) is 24.2. The fourth-order valence-electron chi connectivity index (χ4n) is 6.33. The standard InChI is InChI=1S/C33H40N6O3/c40-30(22-37-15-3-1-4-16-37)34-26-11-9-24(10-12-26)20-25-8-7-19-39-32(25)36-29-21-27(13-14-28(29)33(39)42)35-31(41)23-38-17-5-2-6-18-38/h9-14,20-21H,1-8,15-19,22-23H2,(H,34,40)(H,35,41)/b25-20+. The van der Waals surface area contributed by atoms with Crippen molar-refractivity contribution in [3.63, 3.8) is 0 Å². The van der Waals surface area contributed by atoms with E-state index in [9.17, 15) is 14.4 Å². The van der Waals surface area contributed by atoms with E-state index in [0.29, 0.717) is 42.0 Å². The third-order valence-electron chi connectivity index (χ3n) is 8.52. The molecule has 0 bridgehead atoms. The molecule has 6 rings (SSSR count). The number of nitrogens with zero attached hydrogens (tertiary/aromatic N) is 4. The molecule has 1 aromatic heterocycles. The largest absolute Gasteiger partial charge is 0.325 e. The van der Waals surface area contributed by atoms with Crippen molar-refractivity contribution in [2.75, 3.05) is 49.9 Å². The van der Waals surface area contributed by atoms with Gasteiger partial charge in [0.2, 0.25) is 11.8 Å². The number of nitrogens with one attached hydrogen (secondary N) is 2. The summed E-state index contributed by atoms with van der Waals surface area (Å²) in [5, 5.41) is 6.56. The van der Waals surface area contributed by atoms with Crippen LogP contribution in [0.2, 0.25) is 0 Å². The van der Waals surface area contributed by atoms with E-state index < -0.39 is 0 Å². The zero-order chi connectivity index (χ0) is 28.9. The van der Waals surface area contributed by atoms with Crippen molar-refractivity contribution in [2.24, 2.45) is 0 Å². The fraction of sp³-hybridized carbons (Fsp3) is 0.455. The monoisotopic (exact) mass is 568 g/mol. The van der Waals surface area contributed by atoms with Crippen LogP contribution in [0.15, 0.2) is 47.3 Å². The van der Waals surface area contributed by atoms with Gasteiger partial charge in [-0.1, -0.05) is 25.0 Å². The topological polar surface area (TPSA) is 99.6 Å². The lowest BCUT2D eigenvalue weighted by Gasteiger charge is -2.25. The molecular formula is C33H40N6O3. The van der Waals surface area contributed by atoms with Gasteiger partial charge in [0.05, 0.1) is 24.0 Å². The average molecular weight is 569 g/mol. The highest BCUT2D eigenvalue weighted by atomic mass is 16.2. The molecule has 0 saturated carbocycles. The molecule has 42 heavy (non-hydrogen) atoms. The lowest BCUT2D eigenvalue weighted by molar-refractivity contribution is -0.118. The summed E-state index contributed by atoms with van der Waals surface area (Å²) < 4.78 is 1.77. The molecule has 2 saturated heterocycles. The number of piperidine rings is 2. The van der Waals surface area contributed by atoms with Gasteiger partial charge in [0.15, 0.2) is 0 Å². The van der Waals surface area contributed by atoms with Crippen LogP contribution in [-0.2, 0) is 16.1 Å². The maximum Gasteiger partial charge on any atom is 0.261 e. The van der Waals surface area contributed by atoms with Gasteiger partial charge in [0, 0.05) is 17.9 Å². The number of benzene rings is 2. The molecule has 0 radical (unpaired) electrons. The molecule has 2 N–H and O–H groups in total. The molecule has 3 aliphatic heterocycles. The Hall–Kier alpha value is -3.82. The van der Waals surface area contributed by atoms with Crippen molar-refractivity contribution in [3.05, 3.63) is 64.2 Å². The molecule has 9 heteroatoms. The SMILES string of the molecule is O=C(CN1CCCCC1)Nc1ccc(/C=C2\CCCn3c2nc2cc(NC(=O)CN4CCCCC4)ccc2c3=O)cc1. The third-order valence-corrected chi connectivity index (χ3v) is 8.52. The van der Waals surface area contributed by atoms with E-state index in [1.807, 2.05) is 24.3 Å². The Bertz CT molecular complexity index is 1530. The fourth-order valence-corrected chi connectivity index (χ4v) is 6.33. The van der Waals surface area contributed by atoms with Crippen molar-refractivity contribution < 1.29 is 9.59 Å². The minimum atomic E-state index is -0.0569. The summed E-state index contributed by atoms with van der Waals surface area (Å²) in [5.41, 5.74) is 3.95. The van der Waals surface area contributed by atoms with Crippen molar-refractivity contribution in [1.82, 2.24) is 19.4 Å². The number of aromatic nitrogens is 2.